The summed E-state index contributed by atoms with van der Waals surface area (Å²) in [6.07, 6.45) is 1.21. The van der Waals surface area contributed by atoms with Gasteiger partial charge in [-0.25, -0.2) is 14.4 Å². The number of hydrogen-bond donors (Lipinski definition) is 2. The first-order valence-corrected chi connectivity index (χ1v) is 15.1. The standard InChI is InChI=1S/C25H23FN4OSSi/c1-14-12-28-23-22-16-5-6-20(17-11-15(27-13-18(17)26)9-10-33(2,3)4)30-19(16)7-8-21(22)32-24(23)25(31)29-14/h5-8,11,13-14,28H,12H2,1-4H3,(H,29,31)/t14-/m1/s1. The number of amides is 1. The van der Waals surface area contributed by atoms with Gasteiger partial charge in [0.05, 0.1) is 23.1 Å². The van der Waals surface area contributed by atoms with Gasteiger partial charge in [0.15, 0.2) is 5.82 Å². The van der Waals surface area contributed by atoms with Gasteiger partial charge in [-0.15, -0.1) is 16.9 Å². The lowest BCUT2D eigenvalue weighted by atomic mass is 10.1. The van der Waals surface area contributed by atoms with E-state index in [2.05, 4.69) is 46.7 Å². The van der Waals surface area contributed by atoms with Crippen molar-refractivity contribution in [2.75, 3.05) is 11.9 Å². The summed E-state index contributed by atoms with van der Waals surface area (Å²) in [5.41, 5.74) is 6.30. The maximum absolute atomic E-state index is 14.7. The van der Waals surface area contributed by atoms with E-state index in [-0.39, 0.29) is 11.9 Å². The largest absolute Gasteiger partial charge is 0.381 e. The molecule has 3 aromatic heterocycles. The molecule has 166 valence electrons. The Morgan fingerprint density at radius 2 is 2.03 bits per heavy atom. The summed E-state index contributed by atoms with van der Waals surface area (Å²) in [7, 11) is -1.57. The Labute approximate surface area is 196 Å². The third kappa shape index (κ3) is 4.10. The van der Waals surface area contributed by atoms with E-state index < -0.39 is 13.9 Å². The zero-order chi connectivity index (χ0) is 23.3. The van der Waals surface area contributed by atoms with Crippen LogP contribution in [0.15, 0.2) is 36.5 Å². The van der Waals surface area contributed by atoms with Crippen LogP contribution in [0.4, 0.5) is 10.1 Å². The number of aromatic nitrogens is 2. The minimum absolute atomic E-state index is 0.0414. The fourth-order valence-corrected chi connectivity index (χ4v) is 5.43. The molecule has 4 aromatic rings. The zero-order valence-corrected chi connectivity index (χ0v) is 20.7. The fraction of sp³-hybridized carbons (Fsp3) is 0.240. The summed E-state index contributed by atoms with van der Waals surface area (Å²) in [4.78, 5) is 22.2. The molecule has 1 amide bonds. The third-order valence-corrected chi connectivity index (χ3v) is 7.42. The van der Waals surface area contributed by atoms with Gasteiger partial charge in [0, 0.05) is 33.6 Å². The summed E-state index contributed by atoms with van der Waals surface area (Å²) in [5.74, 6) is 2.59. The van der Waals surface area contributed by atoms with E-state index in [0.29, 0.717) is 28.4 Å². The summed E-state index contributed by atoms with van der Waals surface area (Å²) in [6.45, 7) is 9.08. The Morgan fingerprint density at radius 3 is 2.82 bits per heavy atom. The number of pyridine rings is 2. The van der Waals surface area contributed by atoms with E-state index in [1.54, 1.807) is 6.07 Å². The van der Waals surface area contributed by atoms with Crippen molar-refractivity contribution in [3.05, 3.63) is 52.9 Å². The maximum atomic E-state index is 14.7. The number of carbonyl (C=O) groups excluding carboxylic acids is 1. The van der Waals surface area contributed by atoms with Crippen molar-refractivity contribution < 1.29 is 9.18 Å². The van der Waals surface area contributed by atoms with Crippen LogP contribution in [0, 0.1) is 17.3 Å². The highest BCUT2D eigenvalue weighted by molar-refractivity contribution is 7.21. The van der Waals surface area contributed by atoms with Gasteiger partial charge in [-0.1, -0.05) is 25.6 Å². The molecule has 33 heavy (non-hydrogen) atoms. The van der Waals surface area contributed by atoms with Crippen molar-refractivity contribution >= 4 is 52.0 Å². The van der Waals surface area contributed by atoms with Gasteiger partial charge < -0.3 is 10.6 Å². The molecule has 0 aliphatic carbocycles. The lowest BCUT2D eigenvalue weighted by molar-refractivity contribution is 0.0949. The summed E-state index contributed by atoms with van der Waals surface area (Å²) < 4.78 is 15.7. The number of rotatable bonds is 1. The van der Waals surface area contributed by atoms with Crippen LogP contribution in [-0.2, 0) is 0 Å². The summed E-state index contributed by atoms with van der Waals surface area (Å²) in [6, 6.07) is 9.37. The summed E-state index contributed by atoms with van der Waals surface area (Å²) >= 11 is 1.47. The highest BCUT2D eigenvalue weighted by atomic mass is 32.1. The van der Waals surface area contributed by atoms with Crippen molar-refractivity contribution in [1.29, 1.82) is 0 Å². The van der Waals surface area contributed by atoms with Gasteiger partial charge in [0.25, 0.3) is 5.91 Å². The lowest BCUT2D eigenvalue weighted by Crippen LogP contribution is -2.34. The van der Waals surface area contributed by atoms with Crippen molar-refractivity contribution in [2.45, 2.75) is 32.6 Å². The number of benzene rings is 1. The molecule has 0 fully saturated rings. The molecule has 1 aromatic carbocycles. The second-order valence-electron chi connectivity index (χ2n) is 9.31. The Morgan fingerprint density at radius 1 is 1.21 bits per heavy atom. The molecule has 0 unspecified atom stereocenters. The van der Waals surface area contributed by atoms with Crippen LogP contribution >= 0.6 is 11.3 Å². The number of fused-ring (bicyclic) bond motifs is 5. The first-order valence-electron chi connectivity index (χ1n) is 10.8. The highest BCUT2D eigenvalue weighted by Gasteiger charge is 2.25. The van der Waals surface area contributed by atoms with Crippen LogP contribution in [0.1, 0.15) is 22.3 Å². The SMILES string of the molecule is C[C@@H]1CNc2c(sc3ccc4nc(-c5cc(C#C[Si](C)(C)C)ncc5F)ccc4c23)C(=O)N1. The molecule has 0 spiro atoms. The van der Waals surface area contributed by atoms with E-state index in [1.807, 2.05) is 31.2 Å². The van der Waals surface area contributed by atoms with Crippen molar-refractivity contribution in [3.63, 3.8) is 0 Å². The van der Waals surface area contributed by atoms with E-state index in [9.17, 15) is 9.18 Å². The zero-order valence-electron chi connectivity index (χ0n) is 18.8. The van der Waals surface area contributed by atoms with E-state index in [1.165, 1.54) is 17.5 Å². The molecule has 5 nitrogen and oxygen atoms in total. The Bertz CT molecular complexity index is 1500. The molecule has 0 saturated heterocycles. The quantitative estimate of drug-likeness (QED) is 0.285. The van der Waals surface area contributed by atoms with Crippen LogP contribution in [-0.4, -0.2) is 36.5 Å². The smallest absolute Gasteiger partial charge is 0.263 e. The monoisotopic (exact) mass is 474 g/mol. The van der Waals surface area contributed by atoms with Gasteiger partial charge in [-0.3, -0.25) is 4.79 Å². The number of halogens is 1. The number of anilines is 1. The average molecular weight is 475 g/mol. The van der Waals surface area contributed by atoms with Crippen LogP contribution in [0.5, 0.6) is 0 Å². The van der Waals surface area contributed by atoms with Crippen LogP contribution in [0.3, 0.4) is 0 Å². The van der Waals surface area contributed by atoms with Crippen LogP contribution in [0.25, 0.3) is 32.2 Å². The van der Waals surface area contributed by atoms with Gasteiger partial charge in [0.1, 0.15) is 18.6 Å². The topological polar surface area (TPSA) is 66.9 Å². The maximum Gasteiger partial charge on any atom is 0.263 e. The minimum atomic E-state index is -1.57. The highest BCUT2D eigenvalue weighted by Crippen LogP contribution is 2.41. The predicted octanol–water partition coefficient (Wildman–Crippen LogP) is 5.42. The molecule has 0 saturated carbocycles. The molecule has 8 heteroatoms. The molecule has 0 radical (unpaired) electrons. The third-order valence-electron chi connectivity index (χ3n) is 5.39. The lowest BCUT2D eigenvalue weighted by Gasteiger charge is -2.10. The van der Waals surface area contributed by atoms with Crippen molar-refractivity contribution in [2.24, 2.45) is 0 Å². The predicted molar refractivity (Wildman–Crippen MR) is 136 cm³/mol. The molecular formula is C25H23FN4OSSi. The van der Waals surface area contributed by atoms with E-state index in [0.717, 1.165) is 26.7 Å². The summed E-state index contributed by atoms with van der Waals surface area (Å²) in [5, 5.41) is 8.34. The number of carbonyl (C=O) groups is 1. The molecule has 0 bridgehead atoms. The number of thiophene rings is 1. The molecule has 1 aliphatic rings. The molecular weight excluding hydrogens is 451 g/mol. The van der Waals surface area contributed by atoms with Gasteiger partial charge >= 0.3 is 0 Å². The molecule has 2 N–H and O–H groups in total. The van der Waals surface area contributed by atoms with Gasteiger partial charge in [0.2, 0.25) is 0 Å². The number of hydrogen-bond acceptors (Lipinski definition) is 5. The van der Waals surface area contributed by atoms with Crippen LogP contribution in [0.2, 0.25) is 19.6 Å². The molecule has 5 rings (SSSR count). The molecule has 1 aliphatic heterocycles. The average Bonchev–Trinajstić information content (AvgIpc) is 3.09. The second-order valence-corrected chi connectivity index (χ2v) is 15.1. The number of nitrogens with zero attached hydrogens (tertiary/aromatic N) is 2. The van der Waals surface area contributed by atoms with E-state index in [4.69, 9.17) is 4.98 Å². The minimum Gasteiger partial charge on any atom is -0.381 e. The fourth-order valence-electron chi connectivity index (χ4n) is 3.83. The second kappa shape index (κ2) is 7.94. The van der Waals surface area contributed by atoms with Crippen molar-refractivity contribution in [3.8, 4) is 22.7 Å². The Hall–Kier alpha value is -3.28. The Balaban J connectivity index is 1.64. The van der Waals surface area contributed by atoms with Crippen LogP contribution < -0.4 is 10.6 Å². The first kappa shape index (κ1) is 21.6. The molecule has 1 atom stereocenters. The normalized spacial score (nSPS) is 15.9. The number of nitrogens with one attached hydrogen (secondary N) is 2. The van der Waals surface area contributed by atoms with Gasteiger partial charge in [-0.2, -0.15) is 0 Å². The Kier molecular flexibility index (Phi) is 5.19. The first-order chi connectivity index (χ1) is 15.7. The van der Waals surface area contributed by atoms with E-state index >= 15 is 0 Å². The van der Waals surface area contributed by atoms with Crippen molar-refractivity contribution in [1.82, 2.24) is 15.3 Å². The van der Waals surface area contributed by atoms with Gasteiger partial charge in [-0.05, 0) is 37.3 Å². The molecule has 4 heterocycles.